The smallest absolute Gasteiger partial charge is 0.229 e. The number of aromatic nitrogens is 1. The predicted octanol–water partition coefficient (Wildman–Crippen LogP) is 3.31. The van der Waals surface area contributed by atoms with Gasteiger partial charge in [0.05, 0.1) is 10.9 Å². The standard InChI is InChI=1S/C19H21ClN4O/c20-16-11-23-18(24-19(25)14-2-1-6-21-10-14)9-15(16)13-4-3-12-5-7-22-17(12)8-13/h3-4,8-9,11,14,21-22H,1-2,5-7,10H2,(H,23,24,25). The second-order valence-corrected chi connectivity index (χ2v) is 7.04. The molecule has 1 amide bonds. The Hall–Kier alpha value is -2.11. The van der Waals surface area contributed by atoms with Gasteiger partial charge < -0.3 is 16.0 Å². The van der Waals surface area contributed by atoms with E-state index >= 15 is 0 Å². The maximum atomic E-state index is 12.4. The molecular formula is C19H21ClN4O. The molecule has 2 aliphatic rings. The Balaban J connectivity index is 1.57. The summed E-state index contributed by atoms with van der Waals surface area (Å²) in [4.78, 5) is 16.7. The normalized spacial score (nSPS) is 19.2. The Labute approximate surface area is 152 Å². The van der Waals surface area contributed by atoms with Gasteiger partial charge in [0.15, 0.2) is 0 Å². The first-order valence-electron chi connectivity index (χ1n) is 8.75. The van der Waals surface area contributed by atoms with Crippen molar-refractivity contribution < 1.29 is 4.79 Å². The number of hydrogen-bond acceptors (Lipinski definition) is 4. The fourth-order valence-corrected chi connectivity index (χ4v) is 3.70. The third-order valence-electron chi connectivity index (χ3n) is 4.90. The monoisotopic (exact) mass is 356 g/mol. The number of hydrogen-bond donors (Lipinski definition) is 3. The van der Waals surface area contributed by atoms with Crippen LogP contribution in [-0.4, -0.2) is 30.5 Å². The van der Waals surface area contributed by atoms with E-state index in [0.29, 0.717) is 10.8 Å². The van der Waals surface area contributed by atoms with Crippen LogP contribution in [0.1, 0.15) is 18.4 Å². The zero-order valence-corrected chi connectivity index (χ0v) is 14.7. The third kappa shape index (κ3) is 3.48. The summed E-state index contributed by atoms with van der Waals surface area (Å²) in [6, 6.07) is 8.17. The topological polar surface area (TPSA) is 66.0 Å². The van der Waals surface area contributed by atoms with Gasteiger partial charge in [-0.25, -0.2) is 4.98 Å². The molecule has 1 saturated heterocycles. The van der Waals surface area contributed by atoms with Crippen LogP contribution in [0.2, 0.25) is 5.02 Å². The third-order valence-corrected chi connectivity index (χ3v) is 5.21. The average Bonchev–Trinajstić information content (AvgIpc) is 3.11. The lowest BCUT2D eigenvalue weighted by molar-refractivity contribution is -0.120. The van der Waals surface area contributed by atoms with Crippen LogP contribution in [0.15, 0.2) is 30.5 Å². The van der Waals surface area contributed by atoms with Gasteiger partial charge in [-0.05, 0) is 49.1 Å². The van der Waals surface area contributed by atoms with Gasteiger partial charge in [0.2, 0.25) is 5.91 Å². The molecule has 1 fully saturated rings. The number of carbonyl (C=O) groups excluding carboxylic acids is 1. The second kappa shape index (κ2) is 7.02. The molecule has 3 N–H and O–H groups in total. The van der Waals surface area contributed by atoms with E-state index in [4.69, 9.17) is 11.6 Å². The molecule has 25 heavy (non-hydrogen) atoms. The number of rotatable bonds is 3. The maximum absolute atomic E-state index is 12.4. The summed E-state index contributed by atoms with van der Waals surface area (Å²) in [6.45, 7) is 2.68. The van der Waals surface area contributed by atoms with E-state index in [1.807, 2.05) is 6.07 Å². The SMILES string of the molecule is O=C(Nc1cc(-c2ccc3c(c2)NCC3)c(Cl)cn1)C1CCCNC1. The summed E-state index contributed by atoms with van der Waals surface area (Å²) < 4.78 is 0. The first kappa shape index (κ1) is 16.4. The number of piperidine rings is 1. The van der Waals surface area contributed by atoms with Crippen molar-refractivity contribution >= 4 is 29.0 Å². The maximum Gasteiger partial charge on any atom is 0.229 e. The van der Waals surface area contributed by atoms with Gasteiger partial charge >= 0.3 is 0 Å². The highest BCUT2D eigenvalue weighted by Gasteiger charge is 2.21. The van der Waals surface area contributed by atoms with Crippen LogP contribution >= 0.6 is 11.6 Å². The fraction of sp³-hybridized carbons (Fsp3) is 0.368. The first-order valence-corrected chi connectivity index (χ1v) is 9.13. The fourth-order valence-electron chi connectivity index (χ4n) is 3.49. The lowest BCUT2D eigenvalue weighted by atomic mass is 9.99. The summed E-state index contributed by atoms with van der Waals surface area (Å²) in [6.07, 6.45) is 4.60. The average molecular weight is 357 g/mol. The highest BCUT2D eigenvalue weighted by Crippen LogP contribution is 2.33. The van der Waals surface area contributed by atoms with Crippen LogP contribution in [0.4, 0.5) is 11.5 Å². The molecule has 3 heterocycles. The van der Waals surface area contributed by atoms with Crippen LogP contribution in [0.25, 0.3) is 11.1 Å². The molecule has 1 unspecified atom stereocenters. The number of amides is 1. The molecule has 0 bridgehead atoms. The molecule has 130 valence electrons. The summed E-state index contributed by atoms with van der Waals surface area (Å²) >= 11 is 6.36. The molecule has 0 radical (unpaired) electrons. The highest BCUT2D eigenvalue weighted by atomic mass is 35.5. The molecule has 0 saturated carbocycles. The van der Waals surface area contributed by atoms with Crippen molar-refractivity contribution in [2.45, 2.75) is 19.3 Å². The van der Waals surface area contributed by atoms with Crippen molar-refractivity contribution in [3.63, 3.8) is 0 Å². The van der Waals surface area contributed by atoms with E-state index in [1.54, 1.807) is 6.20 Å². The predicted molar refractivity (Wildman–Crippen MR) is 101 cm³/mol. The minimum atomic E-state index is -0.00104. The number of nitrogens with zero attached hydrogens (tertiary/aromatic N) is 1. The summed E-state index contributed by atoms with van der Waals surface area (Å²) in [7, 11) is 0. The van der Waals surface area contributed by atoms with E-state index in [9.17, 15) is 4.79 Å². The van der Waals surface area contributed by atoms with Gasteiger partial charge in [0.1, 0.15) is 5.82 Å². The quantitative estimate of drug-likeness (QED) is 0.789. The Kier molecular flexibility index (Phi) is 4.59. The van der Waals surface area contributed by atoms with Gasteiger partial charge in [-0.2, -0.15) is 0 Å². The van der Waals surface area contributed by atoms with Crippen molar-refractivity contribution in [2.75, 3.05) is 30.3 Å². The van der Waals surface area contributed by atoms with E-state index in [0.717, 1.165) is 55.7 Å². The van der Waals surface area contributed by atoms with E-state index in [1.165, 1.54) is 5.56 Å². The molecule has 1 aromatic carbocycles. The van der Waals surface area contributed by atoms with Crippen molar-refractivity contribution in [1.82, 2.24) is 10.3 Å². The lowest BCUT2D eigenvalue weighted by Gasteiger charge is -2.21. The lowest BCUT2D eigenvalue weighted by Crippen LogP contribution is -2.37. The minimum Gasteiger partial charge on any atom is -0.384 e. The molecule has 1 atom stereocenters. The van der Waals surface area contributed by atoms with Gasteiger partial charge in [0.25, 0.3) is 0 Å². The number of pyridine rings is 1. The van der Waals surface area contributed by atoms with Gasteiger partial charge in [-0.1, -0.05) is 23.7 Å². The number of halogens is 1. The van der Waals surface area contributed by atoms with Gasteiger partial charge in [-0.15, -0.1) is 0 Å². The zero-order valence-electron chi connectivity index (χ0n) is 13.9. The Morgan fingerprint density at radius 3 is 3.04 bits per heavy atom. The molecule has 2 aliphatic heterocycles. The van der Waals surface area contributed by atoms with E-state index < -0.39 is 0 Å². The second-order valence-electron chi connectivity index (χ2n) is 6.63. The molecule has 5 nitrogen and oxygen atoms in total. The molecule has 1 aromatic heterocycles. The Bertz CT molecular complexity index is 802. The number of carbonyl (C=O) groups is 1. The Morgan fingerprint density at radius 1 is 1.28 bits per heavy atom. The van der Waals surface area contributed by atoms with E-state index in [-0.39, 0.29) is 11.8 Å². The highest BCUT2D eigenvalue weighted by molar-refractivity contribution is 6.33. The minimum absolute atomic E-state index is 0.00104. The van der Waals surface area contributed by atoms with Crippen LogP contribution in [0, 0.1) is 5.92 Å². The Morgan fingerprint density at radius 2 is 2.20 bits per heavy atom. The summed E-state index contributed by atoms with van der Waals surface area (Å²) in [5.74, 6) is 0.561. The van der Waals surface area contributed by atoms with Crippen LogP contribution in [-0.2, 0) is 11.2 Å². The van der Waals surface area contributed by atoms with Crippen LogP contribution in [0.5, 0.6) is 0 Å². The molecule has 0 aliphatic carbocycles. The molecule has 2 aromatic rings. The summed E-state index contributed by atoms with van der Waals surface area (Å²) in [5, 5.41) is 10.2. The number of benzene rings is 1. The van der Waals surface area contributed by atoms with Crippen LogP contribution < -0.4 is 16.0 Å². The molecule has 6 heteroatoms. The van der Waals surface area contributed by atoms with Crippen molar-refractivity contribution in [2.24, 2.45) is 5.92 Å². The van der Waals surface area contributed by atoms with Crippen LogP contribution in [0.3, 0.4) is 0 Å². The molecule has 0 spiro atoms. The number of nitrogens with one attached hydrogen (secondary N) is 3. The number of fused-ring (bicyclic) bond motifs is 1. The van der Waals surface area contributed by atoms with E-state index in [2.05, 4.69) is 39.1 Å². The van der Waals surface area contributed by atoms with Crippen molar-refractivity contribution in [1.29, 1.82) is 0 Å². The summed E-state index contributed by atoms with van der Waals surface area (Å²) in [5.41, 5.74) is 4.39. The number of anilines is 2. The largest absolute Gasteiger partial charge is 0.384 e. The first-order chi connectivity index (χ1) is 12.2. The van der Waals surface area contributed by atoms with Gasteiger partial charge in [-0.3, -0.25) is 4.79 Å². The zero-order chi connectivity index (χ0) is 17.2. The van der Waals surface area contributed by atoms with Gasteiger partial charge in [0, 0.05) is 30.5 Å². The van der Waals surface area contributed by atoms with Crippen molar-refractivity contribution in [3.8, 4) is 11.1 Å². The van der Waals surface area contributed by atoms with Crippen molar-refractivity contribution in [3.05, 3.63) is 41.0 Å². The molecular weight excluding hydrogens is 336 g/mol. The molecule has 4 rings (SSSR count).